The van der Waals surface area contributed by atoms with Crippen molar-refractivity contribution in [1.82, 2.24) is 5.32 Å². The predicted molar refractivity (Wildman–Crippen MR) is 123 cm³/mol. The second kappa shape index (κ2) is 9.12. The number of rotatable bonds is 6. The average Bonchev–Trinajstić information content (AvgIpc) is 2.80. The molecule has 0 spiro atoms. The van der Waals surface area contributed by atoms with E-state index < -0.39 is 10.0 Å². The molecule has 7 heteroatoms. The first-order valence-electron chi connectivity index (χ1n) is 10.2. The Kier molecular flexibility index (Phi) is 6.30. The highest BCUT2D eigenvalue weighted by molar-refractivity contribution is 7.92. The predicted octanol–water partition coefficient (Wildman–Crippen LogP) is 4.45. The van der Waals surface area contributed by atoms with E-state index >= 15 is 0 Å². The lowest BCUT2D eigenvalue weighted by molar-refractivity contribution is 0.0954. The van der Waals surface area contributed by atoms with Crippen LogP contribution >= 0.6 is 11.6 Å². The number of benzene rings is 3. The number of carbonyl (C=O) groups is 1. The largest absolute Gasteiger partial charge is 0.352 e. The van der Waals surface area contributed by atoms with E-state index in [0.29, 0.717) is 30.1 Å². The molecule has 0 unspecified atom stereocenters. The second-order valence-electron chi connectivity index (χ2n) is 7.47. The van der Waals surface area contributed by atoms with Gasteiger partial charge in [0.25, 0.3) is 15.9 Å². The van der Waals surface area contributed by atoms with Gasteiger partial charge in [-0.1, -0.05) is 41.9 Å². The van der Waals surface area contributed by atoms with E-state index in [1.54, 1.807) is 12.1 Å². The SMILES string of the molecule is O=C(NCCc1ccc(Cl)cc1)c1ccc(S(=O)(=O)N2CCCc3ccccc32)cc1. The summed E-state index contributed by atoms with van der Waals surface area (Å²) in [6, 6.07) is 21.2. The van der Waals surface area contributed by atoms with Crippen LogP contribution in [0.3, 0.4) is 0 Å². The Morgan fingerprint density at radius 1 is 0.968 bits per heavy atom. The lowest BCUT2D eigenvalue weighted by Crippen LogP contribution is -2.35. The van der Waals surface area contributed by atoms with Crippen molar-refractivity contribution in [3.63, 3.8) is 0 Å². The smallest absolute Gasteiger partial charge is 0.264 e. The summed E-state index contributed by atoms with van der Waals surface area (Å²) < 4.78 is 27.9. The van der Waals surface area contributed by atoms with Crippen molar-refractivity contribution in [2.75, 3.05) is 17.4 Å². The molecule has 1 amide bonds. The van der Waals surface area contributed by atoms with Crippen molar-refractivity contribution in [3.05, 3.63) is 94.5 Å². The summed E-state index contributed by atoms with van der Waals surface area (Å²) in [5, 5.41) is 3.54. The molecule has 0 atom stereocenters. The quantitative estimate of drug-likeness (QED) is 0.598. The number of anilines is 1. The summed E-state index contributed by atoms with van der Waals surface area (Å²) in [6.07, 6.45) is 2.34. The number of aryl methyl sites for hydroxylation is 1. The van der Waals surface area contributed by atoms with Crippen LogP contribution < -0.4 is 9.62 Å². The van der Waals surface area contributed by atoms with Gasteiger partial charge in [0.15, 0.2) is 0 Å². The summed E-state index contributed by atoms with van der Waals surface area (Å²) in [5.41, 5.74) is 3.27. The maximum absolute atomic E-state index is 13.2. The van der Waals surface area contributed by atoms with Gasteiger partial charge >= 0.3 is 0 Å². The second-order valence-corrected chi connectivity index (χ2v) is 9.76. The molecule has 0 saturated heterocycles. The zero-order chi connectivity index (χ0) is 21.8. The minimum Gasteiger partial charge on any atom is -0.352 e. The van der Waals surface area contributed by atoms with Gasteiger partial charge in [0.05, 0.1) is 10.6 Å². The fourth-order valence-corrected chi connectivity index (χ4v) is 5.39. The maximum Gasteiger partial charge on any atom is 0.264 e. The number of carbonyl (C=O) groups excluding carboxylic acids is 1. The Balaban J connectivity index is 1.43. The van der Waals surface area contributed by atoms with E-state index in [9.17, 15) is 13.2 Å². The van der Waals surface area contributed by atoms with Crippen LogP contribution in [0.1, 0.15) is 27.9 Å². The van der Waals surface area contributed by atoms with Gasteiger partial charge in [0.1, 0.15) is 0 Å². The van der Waals surface area contributed by atoms with Crippen molar-refractivity contribution in [3.8, 4) is 0 Å². The Morgan fingerprint density at radius 2 is 1.68 bits per heavy atom. The van der Waals surface area contributed by atoms with Crippen LogP contribution in [-0.4, -0.2) is 27.4 Å². The minimum atomic E-state index is -3.68. The fourth-order valence-electron chi connectivity index (χ4n) is 3.73. The molecule has 1 aliphatic rings. The topological polar surface area (TPSA) is 66.5 Å². The third-order valence-electron chi connectivity index (χ3n) is 5.38. The monoisotopic (exact) mass is 454 g/mol. The first kappa shape index (κ1) is 21.4. The number of nitrogens with zero attached hydrogens (tertiary/aromatic N) is 1. The Bertz CT molecular complexity index is 1180. The number of para-hydroxylation sites is 1. The van der Waals surface area contributed by atoms with Crippen LogP contribution in [0.4, 0.5) is 5.69 Å². The lowest BCUT2D eigenvalue weighted by atomic mass is 10.0. The van der Waals surface area contributed by atoms with Gasteiger partial charge in [-0.25, -0.2) is 8.42 Å². The molecule has 31 heavy (non-hydrogen) atoms. The molecule has 160 valence electrons. The van der Waals surface area contributed by atoms with Crippen LogP contribution in [0.15, 0.2) is 77.7 Å². The van der Waals surface area contributed by atoms with Crippen molar-refractivity contribution in [1.29, 1.82) is 0 Å². The molecule has 4 rings (SSSR count). The molecule has 0 bridgehead atoms. The molecule has 3 aromatic carbocycles. The van der Waals surface area contributed by atoms with E-state index in [1.165, 1.54) is 16.4 Å². The Hall–Kier alpha value is -2.83. The number of hydrogen-bond donors (Lipinski definition) is 1. The first-order valence-corrected chi connectivity index (χ1v) is 12.0. The number of nitrogens with one attached hydrogen (secondary N) is 1. The molecule has 5 nitrogen and oxygen atoms in total. The van der Waals surface area contributed by atoms with Gasteiger partial charge in [-0.2, -0.15) is 0 Å². The Labute approximate surface area is 187 Å². The molecule has 3 aromatic rings. The highest BCUT2D eigenvalue weighted by Crippen LogP contribution is 2.31. The van der Waals surface area contributed by atoms with Crippen LogP contribution in [0, 0.1) is 0 Å². The molecular weight excluding hydrogens is 432 g/mol. The zero-order valence-electron chi connectivity index (χ0n) is 16.9. The third-order valence-corrected chi connectivity index (χ3v) is 7.46. The minimum absolute atomic E-state index is 0.182. The molecule has 1 heterocycles. The highest BCUT2D eigenvalue weighted by Gasteiger charge is 2.28. The van der Waals surface area contributed by atoms with E-state index in [0.717, 1.165) is 29.7 Å². The standard InChI is InChI=1S/C24H23ClN2O3S/c25-21-11-7-18(8-12-21)15-16-26-24(28)20-9-13-22(14-10-20)31(29,30)27-17-3-5-19-4-1-2-6-23(19)27/h1-2,4,6-14H,3,5,15-17H2,(H,26,28). The van der Waals surface area contributed by atoms with Crippen LogP contribution in [0.2, 0.25) is 5.02 Å². The van der Waals surface area contributed by atoms with Crippen molar-refractivity contribution < 1.29 is 13.2 Å². The number of hydrogen-bond acceptors (Lipinski definition) is 3. The normalized spacial score (nSPS) is 13.5. The molecule has 0 aliphatic carbocycles. The van der Waals surface area contributed by atoms with E-state index in [2.05, 4.69) is 5.32 Å². The summed E-state index contributed by atoms with van der Waals surface area (Å²) in [4.78, 5) is 12.6. The van der Waals surface area contributed by atoms with Gasteiger partial charge in [0, 0.05) is 23.7 Å². The summed E-state index contributed by atoms with van der Waals surface area (Å²) >= 11 is 5.88. The van der Waals surface area contributed by atoms with Crippen molar-refractivity contribution >= 4 is 33.2 Å². The molecule has 0 aromatic heterocycles. The number of halogens is 1. The van der Waals surface area contributed by atoms with Crippen LogP contribution in [0.25, 0.3) is 0 Å². The van der Waals surface area contributed by atoms with E-state index in [-0.39, 0.29) is 10.8 Å². The van der Waals surface area contributed by atoms with Crippen molar-refractivity contribution in [2.24, 2.45) is 0 Å². The molecule has 1 N–H and O–H groups in total. The van der Waals surface area contributed by atoms with E-state index in [1.807, 2.05) is 48.5 Å². The molecular formula is C24H23ClN2O3S. The zero-order valence-corrected chi connectivity index (χ0v) is 18.5. The van der Waals surface area contributed by atoms with Gasteiger partial charge in [-0.05, 0) is 72.9 Å². The van der Waals surface area contributed by atoms with Crippen molar-refractivity contribution in [2.45, 2.75) is 24.2 Å². The molecule has 0 saturated carbocycles. The summed E-state index contributed by atoms with van der Waals surface area (Å²) in [7, 11) is -3.68. The summed E-state index contributed by atoms with van der Waals surface area (Å²) in [5.74, 6) is -0.235. The number of sulfonamides is 1. The van der Waals surface area contributed by atoms with E-state index in [4.69, 9.17) is 11.6 Å². The van der Waals surface area contributed by atoms with Gasteiger partial charge in [-0.15, -0.1) is 0 Å². The molecule has 0 fully saturated rings. The van der Waals surface area contributed by atoms with Crippen LogP contribution in [-0.2, 0) is 22.9 Å². The fraction of sp³-hybridized carbons (Fsp3) is 0.208. The van der Waals surface area contributed by atoms with Crippen LogP contribution in [0.5, 0.6) is 0 Å². The molecule has 1 aliphatic heterocycles. The van der Waals surface area contributed by atoms with Gasteiger partial charge in [-0.3, -0.25) is 9.10 Å². The number of fused-ring (bicyclic) bond motifs is 1. The first-order chi connectivity index (χ1) is 14.9. The lowest BCUT2D eigenvalue weighted by Gasteiger charge is -2.30. The van der Waals surface area contributed by atoms with Gasteiger partial charge in [0.2, 0.25) is 0 Å². The summed E-state index contributed by atoms with van der Waals surface area (Å²) in [6.45, 7) is 0.928. The average molecular weight is 455 g/mol. The maximum atomic E-state index is 13.2. The molecule has 0 radical (unpaired) electrons. The number of amides is 1. The third kappa shape index (κ3) is 4.75. The highest BCUT2D eigenvalue weighted by atomic mass is 35.5. The Morgan fingerprint density at radius 3 is 2.42 bits per heavy atom. The van der Waals surface area contributed by atoms with Gasteiger partial charge < -0.3 is 5.32 Å².